The lowest BCUT2D eigenvalue weighted by Gasteiger charge is -2.28. The van der Waals surface area contributed by atoms with Crippen LogP contribution in [0.5, 0.6) is 5.75 Å². The molecule has 6 amide bonds. The van der Waals surface area contributed by atoms with Crippen LogP contribution in [-0.4, -0.2) is 43.0 Å². The number of hydrogen-bond acceptors (Lipinski definition) is 7. The maximum atomic E-state index is 12.7. The van der Waals surface area contributed by atoms with Gasteiger partial charge in [0.1, 0.15) is 5.75 Å². The van der Waals surface area contributed by atoms with Gasteiger partial charge in [-0.15, -0.1) is 0 Å². The molecule has 0 aromatic heterocycles. The lowest BCUT2D eigenvalue weighted by molar-refractivity contribution is -0.131. The van der Waals surface area contributed by atoms with Crippen molar-refractivity contribution in [2.24, 2.45) is 11.0 Å². The van der Waals surface area contributed by atoms with Gasteiger partial charge >= 0.3 is 6.03 Å². The van der Waals surface area contributed by atoms with Crippen molar-refractivity contribution < 1.29 is 28.7 Å². The van der Waals surface area contributed by atoms with E-state index in [1.54, 1.807) is 12.1 Å². The fourth-order valence-corrected chi connectivity index (χ4v) is 2.84. The molecular weight excluding hydrogens is 418 g/mol. The van der Waals surface area contributed by atoms with Crippen LogP contribution >= 0.6 is 0 Å². The van der Waals surface area contributed by atoms with Crippen LogP contribution in [0.1, 0.15) is 17.3 Å². The van der Waals surface area contributed by atoms with Gasteiger partial charge < -0.3 is 10.1 Å². The van der Waals surface area contributed by atoms with Gasteiger partial charge in [0.25, 0.3) is 11.8 Å². The first kappa shape index (κ1) is 22.2. The van der Waals surface area contributed by atoms with E-state index in [2.05, 4.69) is 21.2 Å². The maximum Gasteiger partial charge on any atom is 0.335 e. The van der Waals surface area contributed by atoms with Crippen molar-refractivity contribution in [3.8, 4) is 5.75 Å². The Balaban J connectivity index is 1.69. The van der Waals surface area contributed by atoms with Gasteiger partial charge in [-0.25, -0.2) is 15.1 Å². The standard InChI is InChI=1S/C21H19N5O6/c1-12(27)23-14-5-3-13(4-6-14)18(28)25-22-11-17-19(29)24-21(31)26(20(17)30)15-7-9-16(32-2)10-8-15/h3-11,17H,1-2H3,(H,23,27)(H,25,28)(H,24,29,31)/b22-11-/t17-/m0/s1. The third-order valence-corrected chi connectivity index (χ3v) is 4.39. The van der Waals surface area contributed by atoms with Crippen LogP contribution in [0.25, 0.3) is 0 Å². The first-order chi connectivity index (χ1) is 15.3. The molecule has 0 aliphatic carbocycles. The van der Waals surface area contributed by atoms with Crippen LogP contribution in [0.2, 0.25) is 0 Å². The topological polar surface area (TPSA) is 146 Å². The van der Waals surface area contributed by atoms with Crippen molar-refractivity contribution in [3.05, 3.63) is 54.1 Å². The summed E-state index contributed by atoms with van der Waals surface area (Å²) in [4.78, 5) is 61.1. The molecule has 164 valence electrons. The predicted octanol–water partition coefficient (Wildman–Crippen LogP) is 1.27. The molecule has 11 heteroatoms. The van der Waals surface area contributed by atoms with Gasteiger partial charge in [-0.3, -0.25) is 24.5 Å². The molecule has 0 bridgehead atoms. The highest BCUT2D eigenvalue weighted by Gasteiger charge is 2.40. The first-order valence-electron chi connectivity index (χ1n) is 9.34. The number of ether oxygens (including phenoxy) is 1. The van der Waals surface area contributed by atoms with Gasteiger partial charge in [0.2, 0.25) is 11.8 Å². The van der Waals surface area contributed by atoms with Crippen LogP contribution < -0.4 is 25.7 Å². The van der Waals surface area contributed by atoms with Crippen LogP contribution in [0.3, 0.4) is 0 Å². The molecule has 11 nitrogen and oxygen atoms in total. The number of amides is 6. The van der Waals surface area contributed by atoms with Crippen molar-refractivity contribution in [2.75, 3.05) is 17.3 Å². The summed E-state index contributed by atoms with van der Waals surface area (Å²) in [6, 6.07) is 11.2. The molecule has 1 aliphatic heterocycles. The normalized spacial score (nSPS) is 16.0. The van der Waals surface area contributed by atoms with Crippen LogP contribution in [0.4, 0.5) is 16.2 Å². The smallest absolute Gasteiger partial charge is 0.335 e. The van der Waals surface area contributed by atoms with E-state index in [9.17, 15) is 24.0 Å². The first-order valence-corrected chi connectivity index (χ1v) is 9.34. The zero-order valence-electron chi connectivity index (χ0n) is 17.1. The number of carbonyl (C=O) groups excluding carboxylic acids is 5. The van der Waals surface area contributed by atoms with Crippen molar-refractivity contribution >= 4 is 47.2 Å². The Morgan fingerprint density at radius 2 is 1.72 bits per heavy atom. The van der Waals surface area contributed by atoms with E-state index < -0.39 is 29.7 Å². The number of imide groups is 2. The lowest BCUT2D eigenvalue weighted by atomic mass is 10.1. The zero-order chi connectivity index (χ0) is 23.3. The summed E-state index contributed by atoms with van der Waals surface area (Å²) in [7, 11) is 1.48. The number of carbonyl (C=O) groups is 5. The summed E-state index contributed by atoms with van der Waals surface area (Å²) in [5, 5.41) is 8.35. The number of hydrogen-bond donors (Lipinski definition) is 3. The van der Waals surface area contributed by atoms with E-state index in [0.717, 1.165) is 11.1 Å². The minimum absolute atomic E-state index is 0.238. The molecular formula is C21H19N5O6. The summed E-state index contributed by atoms with van der Waals surface area (Å²) in [6.07, 6.45) is 0.949. The average molecular weight is 437 g/mol. The Hall–Kier alpha value is -4.54. The summed E-state index contributed by atoms with van der Waals surface area (Å²) >= 11 is 0. The summed E-state index contributed by atoms with van der Waals surface area (Å²) < 4.78 is 5.05. The van der Waals surface area contributed by atoms with Crippen molar-refractivity contribution in [3.63, 3.8) is 0 Å². The number of nitrogens with zero attached hydrogens (tertiary/aromatic N) is 2. The Bertz CT molecular complexity index is 1090. The third kappa shape index (κ3) is 4.95. The quantitative estimate of drug-likeness (QED) is 0.352. The van der Waals surface area contributed by atoms with E-state index in [1.807, 2.05) is 0 Å². The van der Waals surface area contributed by atoms with E-state index in [-0.39, 0.29) is 17.2 Å². The number of benzene rings is 2. The van der Waals surface area contributed by atoms with E-state index in [0.29, 0.717) is 11.4 Å². The molecule has 2 aromatic rings. The maximum absolute atomic E-state index is 12.7. The molecule has 0 saturated carbocycles. The summed E-state index contributed by atoms with van der Waals surface area (Å²) in [6.45, 7) is 1.36. The third-order valence-electron chi connectivity index (χ3n) is 4.39. The molecule has 1 fully saturated rings. The molecule has 3 rings (SSSR count). The molecule has 0 spiro atoms. The molecule has 1 atom stereocenters. The van der Waals surface area contributed by atoms with Crippen molar-refractivity contribution in [1.82, 2.24) is 10.7 Å². The predicted molar refractivity (Wildman–Crippen MR) is 114 cm³/mol. The highest BCUT2D eigenvalue weighted by molar-refractivity contribution is 6.32. The molecule has 32 heavy (non-hydrogen) atoms. The Morgan fingerprint density at radius 3 is 2.31 bits per heavy atom. The Labute approximate surface area is 182 Å². The number of methoxy groups -OCH3 is 1. The number of hydrazone groups is 1. The second-order valence-corrected chi connectivity index (χ2v) is 6.62. The molecule has 0 unspecified atom stereocenters. The van der Waals surface area contributed by atoms with E-state index in [1.165, 1.54) is 50.4 Å². The van der Waals surface area contributed by atoms with Crippen LogP contribution in [0, 0.1) is 5.92 Å². The highest BCUT2D eigenvalue weighted by atomic mass is 16.5. The monoisotopic (exact) mass is 437 g/mol. The van der Waals surface area contributed by atoms with Gasteiger partial charge in [0.15, 0.2) is 5.92 Å². The number of nitrogens with one attached hydrogen (secondary N) is 3. The van der Waals surface area contributed by atoms with Gasteiger partial charge in [0.05, 0.1) is 12.8 Å². The van der Waals surface area contributed by atoms with Gasteiger partial charge in [-0.05, 0) is 48.5 Å². The van der Waals surface area contributed by atoms with E-state index in [4.69, 9.17) is 4.74 Å². The average Bonchev–Trinajstić information content (AvgIpc) is 2.76. The second-order valence-electron chi connectivity index (χ2n) is 6.62. The minimum atomic E-state index is -1.42. The minimum Gasteiger partial charge on any atom is -0.497 e. The van der Waals surface area contributed by atoms with Crippen LogP contribution in [0.15, 0.2) is 53.6 Å². The molecule has 0 radical (unpaired) electrons. The fourth-order valence-electron chi connectivity index (χ4n) is 2.84. The molecule has 3 N–H and O–H groups in total. The molecule has 1 aliphatic rings. The van der Waals surface area contributed by atoms with Crippen molar-refractivity contribution in [1.29, 1.82) is 0 Å². The summed E-state index contributed by atoms with van der Waals surface area (Å²) in [5.41, 5.74) is 3.22. The largest absolute Gasteiger partial charge is 0.497 e. The molecule has 2 aromatic carbocycles. The summed E-state index contributed by atoms with van der Waals surface area (Å²) in [5.74, 6) is -3.41. The fraction of sp³-hybridized carbons (Fsp3) is 0.143. The Morgan fingerprint density at radius 1 is 1.06 bits per heavy atom. The van der Waals surface area contributed by atoms with E-state index >= 15 is 0 Å². The lowest BCUT2D eigenvalue weighted by Crippen LogP contribution is -2.58. The SMILES string of the molecule is COc1ccc(N2C(=O)NC(=O)[C@H](/C=N\NC(=O)c3ccc(NC(C)=O)cc3)C2=O)cc1. The Kier molecular flexibility index (Phi) is 6.59. The van der Waals surface area contributed by atoms with Gasteiger partial charge in [0, 0.05) is 24.4 Å². The highest BCUT2D eigenvalue weighted by Crippen LogP contribution is 2.23. The number of anilines is 2. The second kappa shape index (κ2) is 9.51. The van der Waals surface area contributed by atoms with Crippen molar-refractivity contribution in [2.45, 2.75) is 6.92 Å². The number of rotatable bonds is 6. The molecule has 1 heterocycles. The molecule has 1 saturated heterocycles. The van der Waals surface area contributed by atoms with Gasteiger partial charge in [-0.1, -0.05) is 0 Å². The zero-order valence-corrected chi connectivity index (χ0v) is 17.1. The van der Waals surface area contributed by atoms with Crippen LogP contribution in [-0.2, 0) is 14.4 Å². The number of barbiturate groups is 1. The number of urea groups is 1. The van der Waals surface area contributed by atoms with Gasteiger partial charge in [-0.2, -0.15) is 5.10 Å².